The number of carbonyl (C=O) groups excluding carboxylic acids is 2. The van der Waals surface area contributed by atoms with Crippen LogP contribution in [0.3, 0.4) is 0 Å². The van der Waals surface area contributed by atoms with Gasteiger partial charge >= 0.3 is 0 Å². The van der Waals surface area contributed by atoms with E-state index in [0.29, 0.717) is 49.1 Å². The van der Waals surface area contributed by atoms with Gasteiger partial charge < -0.3 is 19.7 Å². The van der Waals surface area contributed by atoms with Gasteiger partial charge in [-0.15, -0.1) is 0 Å². The topological polar surface area (TPSA) is 67.9 Å². The molecular formula is C24H29ClN2O4. The van der Waals surface area contributed by atoms with E-state index in [-0.39, 0.29) is 24.5 Å². The second-order valence-electron chi connectivity index (χ2n) is 7.52. The van der Waals surface area contributed by atoms with Crippen LogP contribution in [-0.4, -0.2) is 49.1 Å². The normalized spacial score (nSPS) is 14.2. The molecule has 2 aromatic carbocycles. The second kappa shape index (κ2) is 11.6. The molecule has 31 heavy (non-hydrogen) atoms. The molecule has 0 bridgehead atoms. The lowest BCUT2D eigenvalue weighted by atomic mass is 10.0. The fraction of sp³-hybridized carbons (Fsp3) is 0.417. The molecule has 166 valence electrons. The minimum Gasteiger partial charge on any atom is -0.490 e. The highest BCUT2D eigenvalue weighted by Crippen LogP contribution is 2.26. The third-order valence-corrected chi connectivity index (χ3v) is 5.52. The number of hydrogen-bond donors (Lipinski definition) is 1. The van der Waals surface area contributed by atoms with Gasteiger partial charge in [0, 0.05) is 30.6 Å². The predicted octanol–water partition coefficient (Wildman–Crippen LogP) is 3.86. The van der Waals surface area contributed by atoms with Crippen LogP contribution in [0.5, 0.6) is 11.5 Å². The lowest BCUT2D eigenvalue weighted by Gasteiger charge is -2.32. The lowest BCUT2D eigenvalue weighted by Crippen LogP contribution is -2.47. The predicted molar refractivity (Wildman–Crippen MR) is 121 cm³/mol. The number of benzene rings is 2. The Kier molecular flexibility index (Phi) is 8.59. The number of halogens is 1. The molecule has 7 heteroatoms. The van der Waals surface area contributed by atoms with Crippen LogP contribution >= 0.6 is 11.6 Å². The van der Waals surface area contributed by atoms with E-state index in [1.54, 1.807) is 11.0 Å². The summed E-state index contributed by atoms with van der Waals surface area (Å²) in [5, 5.41) is 3.78. The van der Waals surface area contributed by atoms with E-state index in [0.717, 1.165) is 18.4 Å². The van der Waals surface area contributed by atoms with Gasteiger partial charge in [0.25, 0.3) is 5.91 Å². The SMILES string of the molecule is CCOc1ccccc1OCC(=O)N1CCC(NC(=O)CCc2ccc(Cl)cc2)CC1. The van der Waals surface area contributed by atoms with Gasteiger partial charge in [-0.25, -0.2) is 0 Å². The van der Waals surface area contributed by atoms with Crippen LogP contribution in [0.25, 0.3) is 0 Å². The van der Waals surface area contributed by atoms with Gasteiger partial charge in [0.1, 0.15) is 0 Å². The van der Waals surface area contributed by atoms with Crippen molar-refractivity contribution in [3.05, 3.63) is 59.1 Å². The molecule has 0 unspecified atom stereocenters. The summed E-state index contributed by atoms with van der Waals surface area (Å²) < 4.78 is 11.2. The number of amides is 2. The number of likely N-dealkylation sites (tertiary alicyclic amines) is 1. The maximum atomic E-state index is 12.5. The lowest BCUT2D eigenvalue weighted by molar-refractivity contribution is -0.134. The number of aryl methyl sites for hydroxylation is 1. The van der Waals surface area contributed by atoms with E-state index in [9.17, 15) is 9.59 Å². The molecule has 3 rings (SSSR count). The average Bonchev–Trinajstić information content (AvgIpc) is 2.78. The molecule has 0 atom stereocenters. The van der Waals surface area contributed by atoms with E-state index in [1.807, 2.05) is 49.4 Å². The van der Waals surface area contributed by atoms with E-state index >= 15 is 0 Å². The van der Waals surface area contributed by atoms with Crippen LogP contribution in [0.4, 0.5) is 0 Å². The molecule has 1 N–H and O–H groups in total. The number of para-hydroxylation sites is 2. The van der Waals surface area contributed by atoms with E-state index in [4.69, 9.17) is 21.1 Å². The number of nitrogens with zero attached hydrogens (tertiary/aromatic N) is 1. The zero-order chi connectivity index (χ0) is 22.1. The summed E-state index contributed by atoms with van der Waals surface area (Å²) in [5.41, 5.74) is 1.09. The van der Waals surface area contributed by atoms with Crippen molar-refractivity contribution < 1.29 is 19.1 Å². The monoisotopic (exact) mass is 444 g/mol. The molecule has 0 saturated carbocycles. The van der Waals surface area contributed by atoms with Crippen molar-refractivity contribution in [1.29, 1.82) is 0 Å². The summed E-state index contributed by atoms with van der Waals surface area (Å²) in [5.74, 6) is 1.19. The summed E-state index contributed by atoms with van der Waals surface area (Å²) in [6.45, 7) is 3.63. The molecule has 0 aromatic heterocycles. The Bertz CT molecular complexity index is 864. The van der Waals surface area contributed by atoms with E-state index in [2.05, 4.69) is 5.32 Å². The third kappa shape index (κ3) is 7.17. The molecule has 1 aliphatic heterocycles. The van der Waals surface area contributed by atoms with E-state index < -0.39 is 0 Å². The van der Waals surface area contributed by atoms with Crippen LogP contribution in [0.1, 0.15) is 31.7 Å². The van der Waals surface area contributed by atoms with Crippen LogP contribution in [-0.2, 0) is 16.0 Å². The second-order valence-corrected chi connectivity index (χ2v) is 7.95. The first-order valence-corrected chi connectivity index (χ1v) is 11.1. The molecule has 2 amide bonds. The number of piperidine rings is 1. The van der Waals surface area contributed by atoms with Gasteiger partial charge in [-0.05, 0) is 56.0 Å². The first kappa shape index (κ1) is 22.9. The summed E-state index contributed by atoms with van der Waals surface area (Å²) in [6.07, 6.45) is 2.61. The summed E-state index contributed by atoms with van der Waals surface area (Å²) in [7, 11) is 0. The molecule has 1 aliphatic rings. The zero-order valence-corrected chi connectivity index (χ0v) is 18.6. The summed E-state index contributed by atoms with van der Waals surface area (Å²) in [4.78, 5) is 26.6. The first-order chi connectivity index (χ1) is 15.0. The maximum Gasteiger partial charge on any atom is 0.260 e. The minimum absolute atomic E-state index is 0.0256. The molecule has 1 fully saturated rings. The van der Waals surface area contributed by atoms with Crippen molar-refractivity contribution in [2.24, 2.45) is 0 Å². The van der Waals surface area contributed by atoms with Crippen molar-refractivity contribution in [2.75, 3.05) is 26.3 Å². The Morgan fingerprint density at radius 3 is 2.32 bits per heavy atom. The van der Waals surface area contributed by atoms with Crippen LogP contribution in [0, 0.1) is 0 Å². The Morgan fingerprint density at radius 2 is 1.68 bits per heavy atom. The Balaban J connectivity index is 1.37. The molecule has 0 aliphatic carbocycles. The quantitative estimate of drug-likeness (QED) is 0.637. The highest BCUT2D eigenvalue weighted by atomic mass is 35.5. The minimum atomic E-state index is -0.0567. The fourth-order valence-corrected chi connectivity index (χ4v) is 3.68. The summed E-state index contributed by atoms with van der Waals surface area (Å²) >= 11 is 5.89. The molecule has 0 radical (unpaired) electrons. The molecule has 1 saturated heterocycles. The Hall–Kier alpha value is -2.73. The van der Waals surface area contributed by atoms with Crippen molar-refractivity contribution in [3.63, 3.8) is 0 Å². The van der Waals surface area contributed by atoms with Gasteiger partial charge in [0.05, 0.1) is 6.61 Å². The number of nitrogens with one attached hydrogen (secondary N) is 1. The Labute approximate surface area is 188 Å². The summed E-state index contributed by atoms with van der Waals surface area (Å²) in [6, 6.07) is 15.0. The molecule has 6 nitrogen and oxygen atoms in total. The molecule has 2 aromatic rings. The number of rotatable bonds is 9. The van der Waals surface area contributed by atoms with Crippen LogP contribution in [0.15, 0.2) is 48.5 Å². The standard InChI is InChI=1S/C24H29ClN2O4/c1-2-30-21-5-3-4-6-22(21)31-17-24(29)27-15-13-20(14-16-27)26-23(28)12-9-18-7-10-19(25)11-8-18/h3-8,10-11,20H,2,9,12-17H2,1H3,(H,26,28). The van der Waals surface area contributed by atoms with Crippen molar-refractivity contribution in [1.82, 2.24) is 10.2 Å². The number of hydrogen-bond acceptors (Lipinski definition) is 4. The van der Waals surface area contributed by atoms with Gasteiger partial charge in [-0.1, -0.05) is 35.9 Å². The smallest absolute Gasteiger partial charge is 0.260 e. The van der Waals surface area contributed by atoms with Gasteiger partial charge in [-0.2, -0.15) is 0 Å². The van der Waals surface area contributed by atoms with Crippen LogP contribution in [0.2, 0.25) is 5.02 Å². The highest BCUT2D eigenvalue weighted by molar-refractivity contribution is 6.30. The third-order valence-electron chi connectivity index (χ3n) is 5.27. The fourth-order valence-electron chi connectivity index (χ4n) is 3.56. The van der Waals surface area contributed by atoms with Gasteiger partial charge in [0.15, 0.2) is 18.1 Å². The Morgan fingerprint density at radius 1 is 1.03 bits per heavy atom. The first-order valence-electron chi connectivity index (χ1n) is 10.7. The van der Waals surface area contributed by atoms with Gasteiger partial charge in [0.2, 0.25) is 5.91 Å². The van der Waals surface area contributed by atoms with Crippen LogP contribution < -0.4 is 14.8 Å². The number of carbonyl (C=O) groups is 2. The average molecular weight is 445 g/mol. The van der Waals surface area contributed by atoms with E-state index in [1.165, 1.54) is 0 Å². The van der Waals surface area contributed by atoms with Crippen molar-refractivity contribution in [3.8, 4) is 11.5 Å². The molecule has 0 spiro atoms. The molecule has 1 heterocycles. The maximum absolute atomic E-state index is 12.5. The van der Waals surface area contributed by atoms with Gasteiger partial charge in [-0.3, -0.25) is 9.59 Å². The number of ether oxygens (including phenoxy) is 2. The zero-order valence-electron chi connectivity index (χ0n) is 17.8. The van der Waals surface area contributed by atoms with Crippen molar-refractivity contribution >= 4 is 23.4 Å². The largest absolute Gasteiger partial charge is 0.490 e. The van der Waals surface area contributed by atoms with Crippen molar-refractivity contribution in [2.45, 2.75) is 38.6 Å². The highest BCUT2D eigenvalue weighted by Gasteiger charge is 2.24. The molecular weight excluding hydrogens is 416 g/mol.